The molecule has 1 unspecified atom stereocenters. The van der Waals surface area contributed by atoms with Crippen LogP contribution >= 0.6 is 0 Å². The molecular weight excluding hydrogens is 250 g/mol. The van der Waals surface area contributed by atoms with Gasteiger partial charge in [0.15, 0.2) is 0 Å². The summed E-state index contributed by atoms with van der Waals surface area (Å²) >= 11 is 0. The smallest absolute Gasteiger partial charge is 0.130 e. The van der Waals surface area contributed by atoms with Crippen LogP contribution in [-0.2, 0) is 6.61 Å². The average Bonchev–Trinajstić information content (AvgIpc) is 2.53. The monoisotopic (exact) mass is 271 g/mol. The number of hydrogen-bond acceptors (Lipinski definition) is 4. The van der Waals surface area contributed by atoms with Crippen molar-refractivity contribution >= 4 is 5.69 Å². The van der Waals surface area contributed by atoms with Crippen molar-refractivity contribution < 1.29 is 4.74 Å². The molecule has 0 aliphatic rings. The molecule has 4 heteroatoms. The summed E-state index contributed by atoms with van der Waals surface area (Å²) in [6, 6.07) is 11.9. The highest BCUT2D eigenvalue weighted by Gasteiger charge is 2.03. The van der Waals surface area contributed by atoms with Gasteiger partial charge in [0, 0.05) is 6.20 Å². The van der Waals surface area contributed by atoms with Gasteiger partial charge in [0.05, 0.1) is 11.4 Å². The molecule has 1 atom stereocenters. The number of nitrogens with one attached hydrogen (secondary N) is 1. The lowest BCUT2D eigenvalue weighted by Crippen LogP contribution is -2.08. The van der Waals surface area contributed by atoms with Crippen molar-refractivity contribution in [2.75, 3.05) is 5.43 Å². The first-order chi connectivity index (χ1) is 9.72. The van der Waals surface area contributed by atoms with Crippen LogP contribution < -0.4 is 16.0 Å². The van der Waals surface area contributed by atoms with E-state index < -0.39 is 0 Å². The highest BCUT2D eigenvalue weighted by Crippen LogP contribution is 2.22. The number of ether oxygens (including phenoxy) is 1. The van der Waals surface area contributed by atoms with Crippen LogP contribution in [0.2, 0.25) is 0 Å². The van der Waals surface area contributed by atoms with E-state index >= 15 is 0 Å². The molecule has 1 heterocycles. The Morgan fingerprint density at radius 3 is 2.65 bits per heavy atom. The first-order valence-electron chi connectivity index (χ1n) is 6.87. The van der Waals surface area contributed by atoms with Crippen LogP contribution in [0.4, 0.5) is 5.69 Å². The summed E-state index contributed by atoms with van der Waals surface area (Å²) in [6.07, 6.45) is 2.85. The molecule has 0 fully saturated rings. The zero-order valence-corrected chi connectivity index (χ0v) is 12.0. The van der Waals surface area contributed by atoms with Crippen LogP contribution in [0.15, 0.2) is 42.6 Å². The molecule has 3 N–H and O–H groups in total. The van der Waals surface area contributed by atoms with Gasteiger partial charge < -0.3 is 10.2 Å². The van der Waals surface area contributed by atoms with Crippen LogP contribution in [-0.4, -0.2) is 4.98 Å². The summed E-state index contributed by atoms with van der Waals surface area (Å²) in [5.41, 5.74) is 5.60. The lowest BCUT2D eigenvalue weighted by atomic mass is 9.99. The Balaban J connectivity index is 1.96. The molecule has 0 radical (unpaired) electrons. The van der Waals surface area contributed by atoms with Gasteiger partial charge in [0.1, 0.15) is 12.4 Å². The van der Waals surface area contributed by atoms with Crippen molar-refractivity contribution in [2.45, 2.75) is 32.8 Å². The topological polar surface area (TPSA) is 60.2 Å². The minimum absolute atomic E-state index is 0.429. The predicted octanol–water partition coefficient (Wildman–Crippen LogP) is 3.46. The first-order valence-corrected chi connectivity index (χ1v) is 6.87. The molecule has 106 valence electrons. The lowest BCUT2D eigenvalue weighted by molar-refractivity contribution is 0.301. The number of benzene rings is 1. The predicted molar refractivity (Wildman–Crippen MR) is 81.5 cm³/mol. The van der Waals surface area contributed by atoms with E-state index in [1.807, 2.05) is 24.3 Å². The van der Waals surface area contributed by atoms with Gasteiger partial charge in [-0.25, -0.2) is 0 Å². The van der Waals surface area contributed by atoms with E-state index in [9.17, 15) is 0 Å². The van der Waals surface area contributed by atoms with E-state index in [-0.39, 0.29) is 0 Å². The minimum atomic E-state index is 0.429. The van der Waals surface area contributed by atoms with Gasteiger partial charge in [-0.2, -0.15) is 0 Å². The minimum Gasteiger partial charge on any atom is -0.487 e. The molecule has 1 aromatic carbocycles. The fraction of sp³-hybridized carbons (Fsp3) is 0.312. The van der Waals surface area contributed by atoms with E-state index in [1.165, 1.54) is 5.56 Å². The molecule has 0 spiro atoms. The quantitative estimate of drug-likeness (QED) is 0.624. The highest BCUT2D eigenvalue weighted by molar-refractivity contribution is 5.41. The number of anilines is 1. The largest absolute Gasteiger partial charge is 0.487 e. The van der Waals surface area contributed by atoms with Gasteiger partial charge in [-0.3, -0.25) is 10.8 Å². The Hall–Kier alpha value is -2.07. The van der Waals surface area contributed by atoms with Crippen molar-refractivity contribution in [3.8, 4) is 5.75 Å². The molecule has 20 heavy (non-hydrogen) atoms. The second-order valence-electron chi connectivity index (χ2n) is 4.85. The summed E-state index contributed by atoms with van der Waals surface area (Å²) in [5, 5.41) is 0. The van der Waals surface area contributed by atoms with Crippen LogP contribution in [0, 0.1) is 0 Å². The van der Waals surface area contributed by atoms with Crippen molar-refractivity contribution in [1.82, 2.24) is 4.98 Å². The van der Waals surface area contributed by atoms with Crippen LogP contribution in [0.1, 0.15) is 37.4 Å². The first kappa shape index (κ1) is 14.3. The Bertz CT molecular complexity index is 540. The highest BCUT2D eigenvalue weighted by atomic mass is 16.5. The van der Waals surface area contributed by atoms with Crippen molar-refractivity contribution in [3.05, 3.63) is 53.9 Å². The fourth-order valence-corrected chi connectivity index (χ4v) is 1.93. The van der Waals surface area contributed by atoms with E-state index in [1.54, 1.807) is 6.20 Å². The third-order valence-electron chi connectivity index (χ3n) is 3.43. The van der Waals surface area contributed by atoms with Gasteiger partial charge in [-0.15, -0.1) is 0 Å². The number of nitrogens with zero attached hydrogens (tertiary/aromatic N) is 1. The van der Waals surface area contributed by atoms with Crippen LogP contribution in [0.25, 0.3) is 0 Å². The van der Waals surface area contributed by atoms with E-state index in [2.05, 4.69) is 36.4 Å². The number of rotatable bonds is 6. The standard InChI is InChI=1S/C16H21N3O/c1-3-12(2)13-4-6-16(7-5-13)20-11-15-10-14(19-17)8-9-18-15/h4-10,12H,3,11,17H2,1-2H3,(H,18,19). The number of hydrazine groups is 1. The van der Waals surface area contributed by atoms with E-state index in [0.717, 1.165) is 23.6 Å². The Labute approximate surface area is 120 Å². The molecule has 2 aromatic rings. The lowest BCUT2D eigenvalue weighted by Gasteiger charge is -2.11. The number of aromatic nitrogens is 1. The third-order valence-corrected chi connectivity index (χ3v) is 3.43. The maximum absolute atomic E-state index is 5.73. The maximum atomic E-state index is 5.73. The number of nitrogen functional groups attached to an aromatic ring is 1. The zero-order chi connectivity index (χ0) is 14.4. The van der Waals surface area contributed by atoms with Crippen molar-refractivity contribution in [1.29, 1.82) is 0 Å². The van der Waals surface area contributed by atoms with E-state index in [4.69, 9.17) is 10.6 Å². The van der Waals surface area contributed by atoms with Gasteiger partial charge in [0.25, 0.3) is 0 Å². The molecule has 2 rings (SSSR count). The van der Waals surface area contributed by atoms with Crippen molar-refractivity contribution in [2.24, 2.45) is 5.84 Å². The molecule has 0 amide bonds. The van der Waals surface area contributed by atoms with Crippen LogP contribution in [0.3, 0.4) is 0 Å². The van der Waals surface area contributed by atoms with Crippen molar-refractivity contribution in [3.63, 3.8) is 0 Å². The second kappa shape index (κ2) is 6.91. The summed E-state index contributed by atoms with van der Waals surface area (Å²) in [5.74, 6) is 6.80. The second-order valence-corrected chi connectivity index (χ2v) is 4.85. The van der Waals surface area contributed by atoms with E-state index in [0.29, 0.717) is 12.5 Å². The van der Waals surface area contributed by atoms with Gasteiger partial charge in [-0.1, -0.05) is 26.0 Å². The Morgan fingerprint density at radius 2 is 2.00 bits per heavy atom. The molecule has 0 aliphatic carbocycles. The summed E-state index contributed by atoms with van der Waals surface area (Å²) in [4.78, 5) is 4.24. The molecule has 0 aliphatic heterocycles. The fourth-order valence-electron chi connectivity index (χ4n) is 1.93. The Kier molecular flexibility index (Phi) is 4.96. The summed E-state index contributed by atoms with van der Waals surface area (Å²) in [6.45, 7) is 4.85. The van der Waals surface area contributed by atoms with Gasteiger partial charge >= 0.3 is 0 Å². The molecule has 0 bridgehead atoms. The third kappa shape index (κ3) is 3.71. The number of pyridine rings is 1. The molecule has 1 aromatic heterocycles. The summed E-state index contributed by atoms with van der Waals surface area (Å²) in [7, 11) is 0. The number of hydrogen-bond donors (Lipinski definition) is 2. The molecule has 4 nitrogen and oxygen atoms in total. The SMILES string of the molecule is CCC(C)c1ccc(OCc2cc(NN)ccn2)cc1. The normalized spacial score (nSPS) is 11.9. The number of nitrogens with two attached hydrogens (primary N) is 1. The van der Waals surface area contributed by atoms with Gasteiger partial charge in [0.2, 0.25) is 0 Å². The maximum Gasteiger partial charge on any atom is 0.130 e. The summed E-state index contributed by atoms with van der Waals surface area (Å²) < 4.78 is 5.73. The Morgan fingerprint density at radius 1 is 1.25 bits per heavy atom. The van der Waals surface area contributed by atoms with Gasteiger partial charge in [-0.05, 0) is 42.2 Å². The molecule has 0 saturated heterocycles. The average molecular weight is 271 g/mol. The molecular formula is C16H21N3O. The van der Waals surface area contributed by atoms with Crippen LogP contribution in [0.5, 0.6) is 5.75 Å². The molecule has 0 saturated carbocycles. The zero-order valence-electron chi connectivity index (χ0n) is 12.0.